The maximum Gasteiger partial charge on any atom is 0.225 e. The summed E-state index contributed by atoms with van der Waals surface area (Å²) >= 11 is 0. The van der Waals surface area contributed by atoms with Crippen LogP contribution in [0, 0.1) is 11.8 Å². The summed E-state index contributed by atoms with van der Waals surface area (Å²) in [4.78, 5) is 26.8. The highest BCUT2D eigenvalue weighted by atomic mass is 16.5. The molecule has 0 unspecified atom stereocenters. The maximum atomic E-state index is 12.5. The Hall–Kier alpha value is -1.88. The van der Waals surface area contributed by atoms with Gasteiger partial charge in [-0.2, -0.15) is 0 Å². The predicted octanol–water partition coefficient (Wildman–Crippen LogP) is 1.97. The van der Waals surface area contributed by atoms with Crippen LogP contribution in [0.3, 0.4) is 0 Å². The van der Waals surface area contributed by atoms with Gasteiger partial charge in [0.15, 0.2) is 0 Å². The molecule has 1 aromatic rings. The van der Waals surface area contributed by atoms with E-state index in [2.05, 4.69) is 5.32 Å². The number of morpholine rings is 1. The normalized spacial score (nSPS) is 24.4. The van der Waals surface area contributed by atoms with Crippen molar-refractivity contribution in [1.82, 2.24) is 10.2 Å². The van der Waals surface area contributed by atoms with Crippen molar-refractivity contribution in [2.24, 2.45) is 11.8 Å². The van der Waals surface area contributed by atoms with E-state index in [0.29, 0.717) is 32.8 Å². The Kier molecular flexibility index (Phi) is 5.86. The zero-order valence-electron chi connectivity index (χ0n) is 14.1. The van der Waals surface area contributed by atoms with Gasteiger partial charge >= 0.3 is 0 Å². The molecule has 2 aliphatic rings. The molecule has 1 heterocycles. The van der Waals surface area contributed by atoms with E-state index < -0.39 is 0 Å². The second-order valence-corrected chi connectivity index (χ2v) is 6.69. The predicted molar refractivity (Wildman–Crippen MR) is 91.1 cm³/mol. The quantitative estimate of drug-likeness (QED) is 0.918. The minimum Gasteiger partial charge on any atom is -0.378 e. The van der Waals surface area contributed by atoms with E-state index in [1.165, 1.54) is 0 Å². The van der Waals surface area contributed by atoms with E-state index in [1.807, 2.05) is 35.2 Å². The van der Waals surface area contributed by atoms with Crippen LogP contribution in [-0.2, 0) is 20.9 Å². The van der Waals surface area contributed by atoms with Gasteiger partial charge in [0.25, 0.3) is 0 Å². The van der Waals surface area contributed by atoms with Crippen LogP contribution in [0.1, 0.15) is 31.2 Å². The number of amides is 2. The first-order chi connectivity index (χ1) is 11.7. The Morgan fingerprint density at radius 2 is 1.62 bits per heavy atom. The molecule has 0 spiro atoms. The molecule has 130 valence electrons. The minimum atomic E-state index is 0.0439. The van der Waals surface area contributed by atoms with Crippen molar-refractivity contribution in [2.75, 3.05) is 26.3 Å². The fourth-order valence-electron chi connectivity index (χ4n) is 3.57. The van der Waals surface area contributed by atoms with Crippen LogP contribution >= 0.6 is 0 Å². The van der Waals surface area contributed by atoms with Crippen molar-refractivity contribution < 1.29 is 14.3 Å². The molecule has 5 nitrogen and oxygen atoms in total. The highest BCUT2D eigenvalue weighted by Crippen LogP contribution is 2.30. The van der Waals surface area contributed by atoms with Crippen molar-refractivity contribution in [3.63, 3.8) is 0 Å². The molecule has 0 atom stereocenters. The molecule has 0 bridgehead atoms. The van der Waals surface area contributed by atoms with Crippen molar-refractivity contribution >= 4 is 11.8 Å². The summed E-state index contributed by atoms with van der Waals surface area (Å²) in [6.07, 6.45) is 3.25. The van der Waals surface area contributed by atoms with Gasteiger partial charge in [-0.15, -0.1) is 0 Å². The Balaban J connectivity index is 1.42. The largest absolute Gasteiger partial charge is 0.378 e. The van der Waals surface area contributed by atoms with Gasteiger partial charge < -0.3 is 15.0 Å². The molecular formula is C19H26N2O3. The first kappa shape index (κ1) is 17.0. The third-order valence-corrected chi connectivity index (χ3v) is 5.08. The lowest BCUT2D eigenvalue weighted by molar-refractivity contribution is -0.142. The number of carbonyl (C=O) groups excluding carboxylic acids is 2. The molecule has 5 heteroatoms. The Labute approximate surface area is 143 Å². The monoisotopic (exact) mass is 330 g/mol. The fraction of sp³-hybridized carbons (Fsp3) is 0.579. The van der Waals surface area contributed by atoms with E-state index in [-0.39, 0.29) is 23.7 Å². The zero-order chi connectivity index (χ0) is 16.8. The standard InChI is InChI=1S/C19H26N2O3/c22-18(20-14-15-4-2-1-3-5-15)16-6-8-17(9-7-16)19(23)21-10-12-24-13-11-21/h1-5,16-17H,6-14H2,(H,20,22). The van der Waals surface area contributed by atoms with E-state index in [9.17, 15) is 9.59 Å². The van der Waals surface area contributed by atoms with Gasteiger partial charge in [0.05, 0.1) is 13.2 Å². The van der Waals surface area contributed by atoms with E-state index in [0.717, 1.165) is 31.2 Å². The lowest BCUT2D eigenvalue weighted by atomic mass is 9.81. The van der Waals surface area contributed by atoms with Crippen molar-refractivity contribution in [3.05, 3.63) is 35.9 Å². The lowest BCUT2D eigenvalue weighted by Crippen LogP contribution is -2.45. The van der Waals surface area contributed by atoms with Gasteiger partial charge in [-0.25, -0.2) is 0 Å². The number of carbonyl (C=O) groups is 2. The number of nitrogens with zero attached hydrogens (tertiary/aromatic N) is 1. The lowest BCUT2D eigenvalue weighted by Gasteiger charge is -2.33. The summed E-state index contributed by atoms with van der Waals surface area (Å²) in [6, 6.07) is 9.95. The van der Waals surface area contributed by atoms with Crippen LogP contribution in [0.5, 0.6) is 0 Å². The molecule has 1 saturated heterocycles. The third-order valence-electron chi connectivity index (χ3n) is 5.08. The number of nitrogens with one attached hydrogen (secondary N) is 1. The summed E-state index contributed by atoms with van der Waals surface area (Å²) < 4.78 is 5.30. The second-order valence-electron chi connectivity index (χ2n) is 6.69. The molecule has 1 aliphatic heterocycles. The molecule has 1 N–H and O–H groups in total. The molecule has 0 aromatic heterocycles. The number of ether oxygens (including phenoxy) is 1. The SMILES string of the molecule is O=C(NCc1ccccc1)C1CCC(C(=O)N2CCOCC2)CC1. The summed E-state index contributed by atoms with van der Waals surface area (Å²) in [5.74, 6) is 0.501. The average Bonchev–Trinajstić information content (AvgIpc) is 2.67. The first-order valence-electron chi connectivity index (χ1n) is 8.92. The van der Waals surface area contributed by atoms with Crippen LogP contribution in [-0.4, -0.2) is 43.0 Å². The number of rotatable bonds is 4. The minimum absolute atomic E-state index is 0.0439. The highest BCUT2D eigenvalue weighted by Gasteiger charge is 2.32. The zero-order valence-corrected chi connectivity index (χ0v) is 14.1. The molecule has 3 rings (SSSR count). The molecule has 2 fully saturated rings. The van der Waals surface area contributed by atoms with Crippen LogP contribution in [0.4, 0.5) is 0 Å². The van der Waals surface area contributed by atoms with Crippen molar-refractivity contribution in [3.8, 4) is 0 Å². The van der Waals surface area contributed by atoms with E-state index in [4.69, 9.17) is 4.74 Å². The average molecular weight is 330 g/mol. The summed E-state index contributed by atoms with van der Waals surface area (Å²) in [5.41, 5.74) is 1.11. The molecule has 1 aromatic carbocycles. The summed E-state index contributed by atoms with van der Waals surface area (Å²) in [6.45, 7) is 3.27. The van der Waals surface area contributed by atoms with E-state index in [1.54, 1.807) is 0 Å². The van der Waals surface area contributed by atoms with Crippen molar-refractivity contribution in [1.29, 1.82) is 0 Å². The number of hydrogen-bond donors (Lipinski definition) is 1. The smallest absolute Gasteiger partial charge is 0.225 e. The van der Waals surface area contributed by atoms with Gasteiger partial charge in [-0.1, -0.05) is 30.3 Å². The molecule has 2 amide bonds. The molecule has 1 aliphatic carbocycles. The van der Waals surface area contributed by atoms with Gasteiger partial charge in [-0.3, -0.25) is 9.59 Å². The topological polar surface area (TPSA) is 58.6 Å². The fourth-order valence-corrected chi connectivity index (χ4v) is 3.57. The van der Waals surface area contributed by atoms with Gasteiger partial charge in [-0.05, 0) is 31.2 Å². The Morgan fingerprint density at radius 3 is 2.29 bits per heavy atom. The number of benzene rings is 1. The van der Waals surface area contributed by atoms with Crippen LogP contribution in [0.15, 0.2) is 30.3 Å². The van der Waals surface area contributed by atoms with Gasteiger partial charge in [0.2, 0.25) is 11.8 Å². The summed E-state index contributed by atoms with van der Waals surface area (Å²) in [5, 5.41) is 3.03. The maximum absolute atomic E-state index is 12.5. The highest BCUT2D eigenvalue weighted by molar-refractivity contribution is 5.81. The van der Waals surface area contributed by atoms with Crippen LogP contribution in [0.25, 0.3) is 0 Å². The van der Waals surface area contributed by atoms with E-state index >= 15 is 0 Å². The van der Waals surface area contributed by atoms with Gasteiger partial charge in [0, 0.05) is 31.5 Å². The van der Waals surface area contributed by atoms with Crippen LogP contribution < -0.4 is 5.32 Å². The molecule has 0 radical (unpaired) electrons. The van der Waals surface area contributed by atoms with Crippen molar-refractivity contribution in [2.45, 2.75) is 32.2 Å². The molecule has 24 heavy (non-hydrogen) atoms. The summed E-state index contributed by atoms with van der Waals surface area (Å²) in [7, 11) is 0. The van der Waals surface area contributed by atoms with Gasteiger partial charge in [0.1, 0.15) is 0 Å². The van der Waals surface area contributed by atoms with Crippen LogP contribution in [0.2, 0.25) is 0 Å². The number of hydrogen-bond acceptors (Lipinski definition) is 3. The molecular weight excluding hydrogens is 304 g/mol. The Morgan fingerprint density at radius 1 is 1.00 bits per heavy atom. The second kappa shape index (κ2) is 8.29. The third kappa shape index (κ3) is 4.35. The Bertz CT molecular complexity index is 547. The molecule has 1 saturated carbocycles. The first-order valence-corrected chi connectivity index (χ1v) is 8.92.